The molecule has 1 unspecified atom stereocenters. The topological polar surface area (TPSA) is 60.2 Å². The van der Waals surface area contributed by atoms with E-state index in [-0.39, 0.29) is 17.6 Å². The number of halogens is 2. The number of benzene rings is 1. The summed E-state index contributed by atoms with van der Waals surface area (Å²) in [6.45, 7) is 0. The predicted molar refractivity (Wildman–Crippen MR) is 78.7 cm³/mol. The molecule has 6 heteroatoms. The van der Waals surface area contributed by atoms with E-state index in [9.17, 15) is 4.39 Å². The molecule has 106 valence electrons. The van der Waals surface area contributed by atoms with Crippen molar-refractivity contribution in [2.45, 2.75) is 12.5 Å². The number of hydrogen-bond donors (Lipinski definition) is 2. The maximum absolute atomic E-state index is 13.7. The monoisotopic (exact) mass is 339 g/mol. The van der Waals surface area contributed by atoms with Crippen LogP contribution in [0, 0.1) is 5.82 Å². The second-order valence-corrected chi connectivity index (χ2v) is 5.24. The van der Waals surface area contributed by atoms with Crippen molar-refractivity contribution in [2.75, 3.05) is 7.11 Å². The number of nitrogens with one attached hydrogen (secondary N) is 1. The van der Waals surface area contributed by atoms with Gasteiger partial charge in [-0.1, -0.05) is 6.07 Å². The Hall–Kier alpha value is -1.50. The van der Waals surface area contributed by atoms with Crippen LogP contribution in [0.3, 0.4) is 0 Å². The van der Waals surface area contributed by atoms with Crippen molar-refractivity contribution in [3.05, 3.63) is 58.1 Å². The lowest BCUT2D eigenvalue weighted by atomic mass is 10.0. The number of aromatic nitrogens is 1. The van der Waals surface area contributed by atoms with E-state index in [4.69, 9.17) is 10.6 Å². The molecular formula is C14H15BrFN3O. The molecule has 1 atom stereocenters. The Bertz CT molecular complexity index is 594. The third-order valence-corrected chi connectivity index (χ3v) is 3.42. The zero-order valence-corrected chi connectivity index (χ0v) is 12.5. The van der Waals surface area contributed by atoms with E-state index in [1.54, 1.807) is 18.5 Å². The lowest BCUT2D eigenvalue weighted by molar-refractivity contribution is 0.386. The second-order valence-electron chi connectivity index (χ2n) is 4.33. The number of ether oxygens (including phenoxy) is 1. The number of pyridine rings is 1. The SMILES string of the molecule is COc1ccc(CC(NN)c2cncc(Br)c2)cc1F. The first-order chi connectivity index (χ1) is 9.63. The van der Waals surface area contributed by atoms with Crippen molar-refractivity contribution < 1.29 is 9.13 Å². The first kappa shape index (κ1) is 14.9. The number of hydrogen-bond acceptors (Lipinski definition) is 4. The summed E-state index contributed by atoms with van der Waals surface area (Å²) in [5.41, 5.74) is 4.48. The minimum Gasteiger partial charge on any atom is -0.494 e. The Morgan fingerprint density at radius 1 is 1.40 bits per heavy atom. The molecule has 0 saturated heterocycles. The van der Waals surface area contributed by atoms with Crippen LogP contribution < -0.4 is 16.0 Å². The van der Waals surface area contributed by atoms with Crippen molar-refractivity contribution in [1.82, 2.24) is 10.4 Å². The van der Waals surface area contributed by atoms with Gasteiger partial charge in [0.2, 0.25) is 0 Å². The van der Waals surface area contributed by atoms with Crippen molar-refractivity contribution >= 4 is 15.9 Å². The summed E-state index contributed by atoms with van der Waals surface area (Å²) in [6.07, 6.45) is 3.98. The van der Waals surface area contributed by atoms with Gasteiger partial charge in [0, 0.05) is 16.9 Å². The summed E-state index contributed by atoms with van der Waals surface area (Å²) >= 11 is 3.37. The maximum atomic E-state index is 13.7. The van der Waals surface area contributed by atoms with Gasteiger partial charge in [-0.05, 0) is 51.7 Å². The van der Waals surface area contributed by atoms with E-state index < -0.39 is 0 Å². The third kappa shape index (κ3) is 3.53. The standard InChI is InChI=1S/C14H15BrFN3O/c1-20-14-3-2-9(4-12(14)16)5-13(19-17)10-6-11(15)8-18-7-10/h2-4,6-8,13,19H,5,17H2,1H3. The lowest BCUT2D eigenvalue weighted by Gasteiger charge is -2.16. The number of methoxy groups -OCH3 is 1. The van der Waals surface area contributed by atoms with Gasteiger partial charge < -0.3 is 4.74 Å². The van der Waals surface area contributed by atoms with E-state index in [0.717, 1.165) is 15.6 Å². The quantitative estimate of drug-likeness (QED) is 0.649. The number of nitrogens with zero attached hydrogens (tertiary/aromatic N) is 1. The molecule has 0 bridgehead atoms. The molecule has 0 aliphatic rings. The van der Waals surface area contributed by atoms with Crippen LogP contribution in [0.2, 0.25) is 0 Å². The molecular weight excluding hydrogens is 325 g/mol. The number of nitrogens with two attached hydrogens (primary N) is 1. The Balaban J connectivity index is 2.20. The van der Waals surface area contributed by atoms with E-state index in [1.807, 2.05) is 12.1 Å². The summed E-state index contributed by atoms with van der Waals surface area (Å²) < 4.78 is 19.4. The summed E-state index contributed by atoms with van der Waals surface area (Å²) in [5.74, 6) is 5.44. The van der Waals surface area contributed by atoms with E-state index in [1.165, 1.54) is 13.2 Å². The average molecular weight is 340 g/mol. The Kier molecular flexibility index (Phi) is 5.05. The molecule has 0 spiro atoms. The van der Waals surface area contributed by atoms with Crippen LogP contribution in [0.4, 0.5) is 4.39 Å². The van der Waals surface area contributed by atoms with Crippen molar-refractivity contribution in [3.8, 4) is 5.75 Å². The minimum atomic E-state index is -0.381. The first-order valence-electron chi connectivity index (χ1n) is 6.03. The van der Waals surface area contributed by atoms with Crippen molar-refractivity contribution in [3.63, 3.8) is 0 Å². The predicted octanol–water partition coefficient (Wildman–Crippen LogP) is 2.74. The van der Waals surface area contributed by atoms with Gasteiger partial charge in [-0.15, -0.1) is 0 Å². The van der Waals surface area contributed by atoms with Gasteiger partial charge in [0.05, 0.1) is 13.2 Å². The highest BCUT2D eigenvalue weighted by Crippen LogP contribution is 2.23. The Morgan fingerprint density at radius 3 is 2.80 bits per heavy atom. The van der Waals surface area contributed by atoms with Crippen molar-refractivity contribution in [1.29, 1.82) is 0 Å². The molecule has 2 rings (SSSR count). The fourth-order valence-corrected chi connectivity index (χ4v) is 2.35. The van der Waals surface area contributed by atoms with Crippen LogP contribution in [0.25, 0.3) is 0 Å². The molecule has 0 radical (unpaired) electrons. The molecule has 1 heterocycles. The molecule has 0 aliphatic heterocycles. The van der Waals surface area contributed by atoms with Gasteiger partial charge in [-0.2, -0.15) is 0 Å². The maximum Gasteiger partial charge on any atom is 0.165 e. The third-order valence-electron chi connectivity index (χ3n) is 2.99. The van der Waals surface area contributed by atoms with Crippen LogP contribution in [-0.4, -0.2) is 12.1 Å². The smallest absolute Gasteiger partial charge is 0.165 e. The fraction of sp³-hybridized carbons (Fsp3) is 0.214. The van der Waals surface area contributed by atoms with Crippen LogP contribution in [-0.2, 0) is 6.42 Å². The van der Waals surface area contributed by atoms with Crippen LogP contribution in [0.1, 0.15) is 17.2 Å². The molecule has 2 aromatic rings. The summed E-state index contributed by atoms with van der Waals surface area (Å²) in [7, 11) is 1.44. The summed E-state index contributed by atoms with van der Waals surface area (Å²) in [6, 6.07) is 6.66. The number of rotatable bonds is 5. The summed E-state index contributed by atoms with van der Waals surface area (Å²) in [4.78, 5) is 4.10. The van der Waals surface area contributed by atoms with E-state index in [0.29, 0.717) is 6.42 Å². The molecule has 1 aromatic carbocycles. The van der Waals surface area contributed by atoms with E-state index in [2.05, 4.69) is 26.3 Å². The lowest BCUT2D eigenvalue weighted by Crippen LogP contribution is -2.29. The highest BCUT2D eigenvalue weighted by Gasteiger charge is 2.13. The highest BCUT2D eigenvalue weighted by molar-refractivity contribution is 9.10. The zero-order chi connectivity index (χ0) is 14.5. The van der Waals surface area contributed by atoms with Crippen LogP contribution in [0.15, 0.2) is 41.1 Å². The molecule has 0 amide bonds. The van der Waals surface area contributed by atoms with Crippen LogP contribution >= 0.6 is 15.9 Å². The van der Waals surface area contributed by atoms with Gasteiger partial charge in [-0.3, -0.25) is 16.3 Å². The van der Waals surface area contributed by atoms with Gasteiger partial charge in [0.15, 0.2) is 11.6 Å². The normalized spacial score (nSPS) is 12.2. The molecule has 1 aromatic heterocycles. The molecule has 20 heavy (non-hydrogen) atoms. The molecule has 3 N–H and O–H groups in total. The Morgan fingerprint density at radius 2 is 2.20 bits per heavy atom. The van der Waals surface area contributed by atoms with Gasteiger partial charge >= 0.3 is 0 Å². The van der Waals surface area contributed by atoms with Gasteiger partial charge in [0.25, 0.3) is 0 Å². The van der Waals surface area contributed by atoms with Gasteiger partial charge in [0.1, 0.15) is 0 Å². The number of hydrazine groups is 1. The van der Waals surface area contributed by atoms with E-state index >= 15 is 0 Å². The fourth-order valence-electron chi connectivity index (χ4n) is 1.96. The Labute approximate surface area is 125 Å². The zero-order valence-electron chi connectivity index (χ0n) is 10.9. The minimum absolute atomic E-state index is 0.146. The van der Waals surface area contributed by atoms with Crippen molar-refractivity contribution in [2.24, 2.45) is 5.84 Å². The molecule has 4 nitrogen and oxygen atoms in total. The first-order valence-corrected chi connectivity index (χ1v) is 6.82. The second kappa shape index (κ2) is 6.78. The largest absolute Gasteiger partial charge is 0.494 e. The molecule has 0 fully saturated rings. The molecule has 0 saturated carbocycles. The highest BCUT2D eigenvalue weighted by atomic mass is 79.9. The summed E-state index contributed by atoms with van der Waals surface area (Å²) in [5, 5.41) is 0. The van der Waals surface area contributed by atoms with Gasteiger partial charge in [-0.25, -0.2) is 4.39 Å². The van der Waals surface area contributed by atoms with Crippen LogP contribution in [0.5, 0.6) is 5.75 Å². The average Bonchev–Trinajstić information content (AvgIpc) is 2.45. The molecule has 0 aliphatic carbocycles.